The number of nitrogens with zero attached hydrogens (tertiary/aromatic N) is 2. The lowest BCUT2D eigenvalue weighted by Gasteiger charge is -2.33. The summed E-state index contributed by atoms with van der Waals surface area (Å²) in [5, 5.41) is 2.95. The molecule has 1 unspecified atom stereocenters. The van der Waals surface area contributed by atoms with Crippen molar-refractivity contribution in [2.24, 2.45) is 5.92 Å². The van der Waals surface area contributed by atoms with Gasteiger partial charge >= 0.3 is 0 Å². The first kappa shape index (κ1) is 29.9. The summed E-state index contributed by atoms with van der Waals surface area (Å²) >= 11 is 0. The molecule has 0 spiro atoms. The number of aryl methyl sites for hydroxylation is 2. The molecular weight excluding hydrogens is 510 g/mol. The molecule has 0 bridgehead atoms. The fourth-order valence-corrected chi connectivity index (χ4v) is 5.69. The van der Waals surface area contributed by atoms with Crippen molar-refractivity contribution < 1.29 is 18.0 Å². The predicted molar refractivity (Wildman–Crippen MR) is 156 cm³/mol. The van der Waals surface area contributed by atoms with Gasteiger partial charge in [0.1, 0.15) is 12.6 Å². The van der Waals surface area contributed by atoms with E-state index in [2.05, 4.69) is 5.32 Å². The lowest BCUT2D eigenvalue weighted by Crippen LogP contribution is -2.52. The van der Waals surface area contributed by atoms with E-state index in [1.807, 2.05) is 65.0 Å². The summed E-state index contributed by atoms with van der Waals surface area (Å²) in [4.78, 5) is 28.9. The number of amides is 2. The van der Waals surface area contributed by atoms with Gasteiger partial charge in [0.25, 0.3) is 10.0 Å². The first-order chi connectivity index (χ1) is 18.5. The Hall–Kier alpha value is -3.65. The van der Waals surface area contributed by atoms with Crippen LogP contribution in [0.3, 0.4) is 0 Å². The Bertz CT molecular complexity index is 1360. The maximum absolute atomic E-state index is 14.0. The van der Waals surface area contributed by atoms with Crippen molar-refractivity contribution in [3.63, 3.8) is 0 Å². The minimum absolute atomic E-state index is 0.0890. The van der Waals surface area contributed by atoms with Crippen LogP contribution in [-0.4, -0.2) is 44.3 Å². The second kappa shape index (κ2) is 13.4. The highest BCUT2D eigenvalue weighted by Gasteiger charge is 2.33. The molecule has 0 radical (unpaired) electrons. The summed E-state index contributed by atoms with van der Waals surface area (Å²) in [6.07, 6.45) is 0.386. The zero-order valence-corrected chi connectivity index (χ0v) is 24.2. The van der Waals surface area contributed by atoms with Crippen molar-refractivity contribution >= 4 is 27.5 Å². The fraction of sp³-hybridized carbons (Fsp3) is 0.355. The number of hydrogen-bond acceptors (Lipinski definition) is 4. The smallest absolute Gasteiger partial charge is 0.264 e. The summed E-state index contributed by atoms with van der Waals surface area (Å²) in [5.74, 6) is -0.455. The van der Waals surface area contributed by atoms with Crippen LogP contribution in [0.1, 0.15) is 43.9 Å². The van der Waals surface area contributed by atoms with Crippen molar-refractivity contribution in [3.8, 4) is 0 Å². The van der Waals surface area contributed by atoms with Crippen LogP contribution in [0.15, 0.2) is 83.8 Å². The average molecular weight is 550 g/mol. The van der Waals surface area contributed by atoms with Crippen LogP contribution in [0, 0.1) is 19.8 Å². The molecule has 0 saturated carbocycles. The molecule has 3 aromatic carbocycles. The van der Waals surface area contributed by atoms with E-state index in [1.165, 1.54) is 17.0 Å². The number of hydrogen-bond donors (Lipinski definition) is 1. The monoisotopic (exact) mass is 549 g/mol. The number of anilines is 1. The molecule has 39 heavy (non-hydrogen) atoms. The molecule has 3 rings (SSSR count). The van der Waals surface area contributed by atoms with E-state index in [1.54, 1.807) is 36.4 Å². The molecule has 8 heteroatoms. The summed E-state index contributed by atoms with van der Waals surface area (Å²) in [6, 6.07) is 22.1. The predicted octanol–water partition coefficient (Wildman–Crippen LogP) is 5.08. The van der Waals surface area contributed by atoms with E-state index in [-0.39, 0.29) is 23.3 Å². The lowest BCUT2D eigenvalue weighted by atomic mass is 10.1. The normalized spacial score (nSPS) is 12.2. The van der Waals surface area contributed by atoms with Gasteiger partial charge in [-0.15, -0.1) is 0 Å². The minimum atomic E-state index is -4.07. The van der Waals surface area contributed by atoms with Crippen molar-refractivity contribution in [3.05, 3.63) is 95.6 Å². The average Bonchev–Trinajstić information content (AvgIpc) is 2.91. The van der Waals surface area contributed by atoms with E-state index >= 15 is 0 Å². The van der Waals surface area contributed by atoms with Crippen molar-refractivity contribution in [1.29, 1.82) is 0 Å². The van der Waals surface area contributed by atoms with Gasteiger partial charge in [0, 0.05) is 13.1 Å². The molecule has 0 aromatic heterocycles. The largest absolute Gasteiger partial charge is 0.354 e. The molecule has 0 heterocycles. The second-order valence-electron chi connectivity index (χ2n) is 10.2. The van der Waals surface area contributed by atoms with Gasteiger partial charge in [0.05, 0.1) is 10.6 Å². The fourth-order valence-electron chi connectivity index (χ4n) is 4.26. The highest BCUT2D eigenvalue weighted by molar-refractivity contribution is 7.92. The van der Waals surface area contributed by atoms with Gasteiger partial charge in [-0.2, -0.15) is 0 Å². The van der Waals surface area contributed by atoms with Gasteiger partial charge in [-0.3, -0.25) is 13.9 Å². The second-order valence-corrected chi connectivity index (χ2v) is 12.1. The highest BCUT2D eigenvalue weighted by Crippen LogP contribution is 2.25. The van der Waals surface area contributed by atoms with E-state index < -0.39 is 28.5 Å². The first-order valence-electron chi connectivity index (χ1n) is 13.3. The molecule has 2 amide bonds. The molecule has 1 N–H and O–H groups in total. The van der Waals surface area contributed by atoms with Crippen LogP contribution in [0.5, 0.6) is 0 Å². The number of carbonyl (C=O) groups is 2. The van der Waals surface area contributed by atoms with E-state index in [0.29, 0.717) is 18.7 Å². The summed E-state index contributed by atoms with van der Waals surface area (Å²) < 4.78 is 28.8. The molecule has 0 aliphatic heterocycles. The summed E-state index contributed by atoms with van der Waals surface area (Å²) in [5.41, 5.74) is 3.19. The lowest BCUT2D eigenvalue weighted by molar-refractivity contribution is -0.140. The van der Waals surface area contributed by atoms with E-state index in [0.717, 1.165) is 21.0 Å². The molecular formula is C31H39N3O4S. The molecule has 0 aliphatic carbocycles. The van der Waals surface area contributed by atoms with Gasteiger partial charge in [-0.25, -0.2) is 8.42 Å². The molecule has 0 aliphatic rings. The van der Waals surface area contributed by atoms with Gasteiger partial charge < -0.3 is 10.2 Å². The molecule has 1 atom stereocenters. The van der Waals surface area contributed by atoms with Crippen LogP contribution in [0.2, 0.25) is 0 Å². The topological polar surface area (TPSA) is 86.8 Å². The molecule has 3 aromatic rings. The quantitative estimate of drug-likeness (QED) is 0.341. The number of benzene rings is 3. The molecule has 7 nitrogen and oxygen atoms in total. The Balaban J connectivity index is 2.03. The molecule has 0 fully saturated rings. The van der Waals surface area contributed by atoms with Gasteiger partial charge in [-0.1, -0.05) is 80.9 Å². The van der Waals surface area contributed by atoms with Crippen LogP contribution in [-0.2, 0) is 26.2 Å². The maximum Gasteiger partial charge on any atom is 0.264 e. The maximum atomic E-state index is 14.0. The van der Waals surface area contributed by atoms with Crippen LogP contribution in [0.25, 0.3) is 0 Å². The number of sulfonamides is 1. The van der Waals surface area contributed by atoms with Crippen molar-refractivity contribution in [1.82, 2.24) is 10.2 Å². The van der Waals surface area contributed by atoms with Gasteiger partial charge in [0.15, 0.2) is 0 Å². The summed E-state index contributed by atoms with van der Waals surface area (Å²) in [7, 11) is -4.07. The third-order valence-electron chi connectivity index (χ3n) is 6.44. The number of carbonyl (C=O) groups excluding carboxylic acids is 2. The Labute approximate surface area is 232 Å². The third kappa shape index (κ3) is 7.93. The number of rotatable bonds is 12. The standard InChI is InChI=1S/C31H39N3O4S/c1-6-29(31(36)32-20-23(2)3)33(21-26-17-15-24(4)16-18-26)30(35)22-34(27-12-10-11-25(5)19-27)39(37,38)28-13-8-7-9-14-28/h7-19,23,29H,6,20-22H2,1-5H3,(H,32,36). The third-order valence-corrected chi connectivity index (χ3v) is 8.23. The SMILES string of the molecule is CCC(C(=O)NCC(C)C)N(Cc1ccc(C)cc1)C(=O)CN(c1cccc(C)c1)S(=O)(=O)c1ccccc1. The molecule has 208 valence electrons. The van der Waals surface area contributed by atoms with E-state index in [4.69, 9.17) is 0 Å². The Morgan fingerprint density at radius 3 is 2.13 bits per heavy atom. The highest BCUT2D eigenvalue weighted by atomic mass is 32.2. The zero-order chi connectivity index (χ0) is 28.6. The Morgan fingerprint density at radius 1 is 0.872 bits per heavy atom. The van der Waals surface area contributed by atoms with Gasteiger partial charge in [-0.05, 0) is 61.6 Å². The van der Waals surface area contributed by atoms with Crippen LogP contribution in [0.4, 0.5) is 5.69 Å². The summed E-state index contributed by atoms with van der Waals surface area (Å²) in [6.45, 7) is 9.94. The van der Waals surface area contributed by atoms with E-state index in [9.17, 15) is 18.0 Å². The van der Waals surface area contributed by atoms with Crippen molar-refractivity contribution in [2.45, 2.75) is 58.5 Å². The minimum Gasteiger partial charge on any atom is -0.354 e. The van der Waals surface area contributed by atoms with Crippen molar-refractivity contribution in [2.75, 3.05) is 17.4 Å². The zero-order valence-electron chi connectivity index (χ0n) is 23.4. The van der Waals surface area contributed by atoms with Gasteiger partial charge in [0.2, 0.25) is 11.8 Å². The van der Waals surface area contributed by atoms with Crippen LogP contribution < -0.4 is 9.62 Å². The Morgan fingerprint density at radius 2 is 1.54 bits per heavy atom. The Kier molecular flexibility index (Phi) is 10.3. The number of nitrogens with one attached hydrogen (secondary N) is 1. The first-order valence-corrected chi connectivity index (χ1v) is 14.7. The molecule has 0 saturated heterocycles. The van der Waals surface area contributed by atoms with Crippen LogP contribution >= 0.6 is 0 Å².